The summed E-state index contributed by atoms with van der Waals surface area (Å²) in [6, 6.07) is 17.1. The van der Waals surface area contributed by atoms with E-state index in [2.05, 4.69) is 30.0 Å². The number of fused-ring (bicyclic) bond motifs is 1. The van der Waals surface area contributed by atoms with E-state index in [1.807, 2.05) is 0 Å². The zero-order chi connectivity index (χ0) is 35.7. The van der Waals surface area contributed by atoms with Crippen LogP contribution in [0.15, 0.2) is 113 Å². The lowest BCUT2D eigenvalue weighted by Crippen LogP contribution is -2.15. The minimum Gasteiger partial charge on any atom is -0.382 e. The number of nitrogen functional groups attached to an aromatic ring is 1. The summed E-state index contributed by atoms with van der Waals surface area (Å²) in [5, 5.41) is 18.4. The standard InChI is InChI=1S/C27H24N8O11S3/c1-16-23(32-31-19-9-12-21(22(15-19)48(40,41)42)29-17-5-3-2-4-6-17)26(36)35-25(28)24(27(37)34(16)35)33-30-18-7-10-20(11-8-18)47(38,39)14-13-46-49(43,44)45/h2-12,15,29H,13-14,28H2,1H3,(H,40,41,42)(H,43,44,45). The zero-order valence-corrected chi connectivity index (χ0v) is 27.3. The van der Waals surface area contributed by atoms with Gasteiger partial charge in [-0.3, -0.25) is 18.7 Å². The first-order valence-corrected chi connectivity index (χ1v) is 18.0. The number of hydrogen-bond acceptors (Lipinski definition) is 15. The van der Waals surface area contributed by atoms with Crippen molar-refractivity contribution < 1.29 is 38.5 Å². The Hall–Kier alpha value is -5.39. The van der Waals surface area contributed by atoms with Crippen molar-refractivity contribution in [3.8, 4) is 0 Å². The number of para-hydroxylation sites is 1. The molecule has 0 saturated heterocycles. The fourth-order valence-electron chi connectivity index (χ4n) is 4.45. The number of sulfone groups is 1. The minimum atomic E-state index is -4.81. The van der Waals surface area contributed by atoms with E-state index in [-0.39, 0.29) is 33.3 Å². The fraction of sp³-hybridized carbons (Fsp3) is 0.111. The Morgan fingerprint density at radius 2 is 1.37 bits per heavy atom. The minimum absolute atomic E-state index is 0.0109. The van der Waals surface area contributed by atoms with Crippen LogP contribution in [0.1, 0.15) is 5.69 Å². The molecule has 2 aromatic heterocycles. The summed E-state index contributed by atoms with van der Waals surface area (Å²) < 4.78 is 94.3. The Kier molecular flexibility index (Phi) is 9.45. The van der Waals surface area contributed by atoms with Gasteiger partial charge < -0.3 is 11.1 Å². The molecule has 49 heavy (non-hydrogen) atoms. The van der Waals surface area contributed by atoms with Gasteiger partial charge in [0.05, 0.1) is 40.0 Å². The smallest absolute Gasteiger partial charge is 0.382 e. The van der Waals surface area contributed by atoms with Gasteiger partial charge in [-0.2, -0.15) is 31.6 Å². The lowest BCUT2D eigenvalue weighted by molar-refractivity contribution is 0.284. The normalized spacial score (nSPS) is 12.8. The number of hydrogen-bond donors (Lipinski definition) is 4. The zero-order valence-electron chi connectivity index (χ0n) is 24.9. The third kappa shape index (κ3) is 7.69. The molecule has 0 amide bonds. The van der Waals surface area contributed by atoms with Crippen molar-refractivity contribution in [1.29, 1.82) is 0 Å². The number of nitrogens with two attached hydrogens (primary N) is 1. The molecule has 5 aromatic rings. The number of aryl methyl sites for hydroxylation is 1. The van der Waals surface area contributed by atoms with Crippen LogP contribution in [-0.4, -0.2) is 55.7 Å². The summed E-state index contributed by atoms with van der Waals surface area (Å²) in [6.07, 6.45) is 0. The molecule has 22 heteroatoms. The van der Waals surface area contributed by atoms with Gasteiger partial charge >= 0.3 is 21.5 Å². The van der Waals surface area contributed by atoms with Gasteiger partial charge in [-0.15, -0.1) is 10.2 Å². The van der Waals surface area contributed by atoms with Crippen LogP contribution < -0.4 is 22.2 Å². The highest BCUT2D eigenvalue weighted by Crippen LogP contribution is 2.31. The topological polar surface area (TPSA) is 283 Å². The molecule has 0 bridgehead atoms. The number of nitrogens with zero attached hydrogens (tertiary/aromatic N) is 6. The molecular formula is C27H24N8O11S3. The summed E-state index contributed by atoms with van der Waals surface area (Å²) in [7, 11) is -13.5. The molecule has 5 rings (SSSR count). The molecule has 5 N–H and O–H groups in total. The van der Waals surface area contributed by atoms with Crippen molar-refractivity contribution >= 4 is 70.3 Å². The van der Waals surface area contributed by atoms with Crippen molar-refractivity contribution in [2.45, 2.75) is 16.7 Å². The molecular weight excluding hydrogens is 709 g/mol. The highest BCUT2D eigenvalue weighted by atomic mass is 32.3. The third-order valence-electron chi connectivity index (χ3n) is 6.73. The van der Waals surface area contributed by atoms with E-state index >= 15 is 0 Å². The highest BCUT2D eigenvalue weighted by molar-refractivity contribution is 7.91. The molecule has 3 aromatic carbocycles. The number of nitrogens with one attached hydrogen (secondary N) is 1. The van der Waals surface area contributed by atoms with Crippen LogP contribution in [0.4, 0.5) is 39.9 Å². The summed E-state index contributed by atoms with van der Waals surface area (Å²) in [6.45, 7) is 0.573. The second-order valence-corrected chi connectivity index (χ2v) is 14.6. The number of azo groups is 2. The molecule has 2 heterocycles. The van der Waals surface area contributed by atoms with Gasteiger partial charge in [0.25, 0.3) is 10.1 Å². The lowest BCUT2D eigenvalue weighted by Gasteiger charge is -2.10. The van der Waals surface area contributed by atoms with Crippen LogP contribution in [0.2, 0.25) is 0 Å². The molecule has 0 radical (unpaired) electrons. The molecule has 19 nitrogen and oxygen atoms in total. The van der Waals surface area contributed by atoms with Gasteiger partial charge in [-0.1, -0.05) is 18.2 Å². The molecule has 0 atom stereocenters. The molecule has 256 valence electrons. The summed E-state index contributed by atoms with van der Waals surface area (Å²) in [5.74, 6) is -1.14. The maximum Gasteiger partial charge on any atom is 0.397 e. The first kappa shape index (κ1) is 34.9. The van der Waals surface area contributed by atoms with Crippen molar-refractivity contribution in [3.05, 3.63) is 99.2 Å². The predicted octanol–water partition coefficient (Wildman–Crippen LogP) is 3.50. The van der Waals surface area contributed by atoms with Gasteiger partial charge in [0.15, 0.2) is 27.0 Å². The molecule has 0 spiro atoms. The van der Waals surface area contributed by atoms with E-state index in [0.29, 0.717) is 5.69 Å². The molecule has 0 aliphatic heterocycles. The van der Waals surface area contributed by atoms with Crippen LogP contribution in [0.25, 0.3) is 0 Å². The average molecular weight is 733 g/mol. The first-order valence-electron chi connectivity index (χ1n) is 13.6. The molecule has 0 aliphatic rings. The van der Waals surface area contributed by atoms with Crippen LogP contribution in [0.3, 0.4) is 0 Å². The molecule has 0 fully saturated rings. The maximum absolute atomic E-state index is 13.2. The van der Waals surface area contributed by atoms with Gasteiger partial charge in [-0.05, 0) is 61.5 Å². The summed E-state index contributed by atoms with van der Waals surface area (Å²) in [5.41, 5.74) is 4.31. The second-order valence-electron chi connectivity index (χ2n) is 10.0. The lowest BCUT2D eigenvalue weighted by atomic mass is 10.2. The van der Waals surface area contributed by atoms with Gasteiger partial charge in [-0.25, -0.2) is 17.1 Å². The van der Waals surface area contributed by atoms with Crippen molar-refractivity contribution in [2.24, 2.45) is 20.5 Å². The highest BCUT2D eigenvalue weighted by Gasteiger charge is 2.24. The van der Waals surface area contributed by atoms with Crippen molar-refractivity contribution in [2.75, 3.05) is 23.4 Å². The van der Waals surface area contributed by atoms with E-state index in [1.54, 1.807) is 30.3 Å². The monoisotopic (exact) mass is 732 g/mol. The largest absolute Gasteiger partial charge is 0.397 e. The average Bonchev–Trinajstić information content (AvgIpc) is 3.43. The quantitative estimate of drug-likeness (QED) is 0.106. The van der Waals surface area contributed by atoms with E-state index in [4.69, 9.17) is 10.3 Å². The maximum atomic E-state index is 13.2. The Labute approximate surface area is 277 Å². The van der Waals surface area contributed by atoms with Crippen LogP contribution in [0.5, 0.6) is 0 Å². The van der Waals surface area contributed by atoms with E-state index in [9.17, 15) is 39.4 Å². The Bertz CT molecular complexity index is 2570. The van der Waals surface area contributed by atoms with E-state index in [0.717, 1.165) is 27.2 Å². The number of aromatic nitrogens is 2. The second kappa shape index (κ2) is 13.3. The first-order chi connectivity index (χ1) is 23.0. The number of rotatable bonds is 12. The third-order valence-corrected chi connectivity index (χ3v) is 9.78. The molecule has 0 aliphatic carbocycles. The molecule has 0 saturated carbocycles. The van der Waals surface area contributed by atoms with Gasteiger partial charge in [0, 0.05) is 5.69 Å². The van der Waals surface area contributed by atoms with E-state index < -0.39 is 70.2 Å². The predicted molar refractivity (Wildman–Crippen MR) is 174 cm³/mol. The van der Waals surface area contributed by atoms with E-state index in [1.165, 1.54) is 31.2 Å². The van der Waals surface area contributed by atoms with Gasteiger partial charge in [0.1, 0.15) is 4.90 Å². The van der Waals surface area contributed by atoms with Crippen LogP contribution in [0, 0.1) is 6.92 Å². The Balaban J connectivity index is 1.39. The van der Waals surface area contributed by atoms with Crippen molar-refractivity contribution in [1.82, 2.24) is 9.03 Å². The van der Waals surface area contributed by atoms with Gasteiger partial charge in [0.2, 0.25) is 0 Å². The number of anilines is 3. The summed E-state index contributed by atoms with van der Waals surface area (Å²) >= 11 is 0. The van der Waals surface area contributed by atoms with Crippen LogP contribution >= 0.6 is 0 Å². The summed E-state index contributed by atoms with van der Waals surface area (Å²) in [4.78, 5) is 25.7. The SMILES string of the molecule is Cc1c(N=Nc2ccc(Nc3ccccc3)c(S(=O)(=O)O)c2)c(=O)n2c(N)c(N=Nc3ccc(S(=O)(=O)CCOS(=O)(=O)O)cc3)c(=O)n12. The Morgan fingerprint density at radius 1 is 0.776 bits per heavy atom. The van der Waals surface area contributed by atoms with Crippen LogP contribution in [-0.2, 0) is 34.5 Å². The molecule has 0 unspecified atom stereocenters. The fourth-order valence-corrected chi connectivity index (χ4v) is 6.60. The number of benzene rings is 3. The Morgan fingerprint density at radius 3 is 1.98 bits per heavy atom. The van der Waals surface area contributed by atoms with Crippen molar-refractivity contribution in [3.63, 3.8) is 0 Å².